The number of hydrogen-bond donors (Lipinski definition) is 0. The van der Waals surface area contributed by atoms with Crippen molar-refractivity contribution in [2.24, 2.45) is 0 Å². The fraction of sp³-hybridized carbons (Fsp3) is 0.308. The largest absolute Gasteiger partial charge is 0.334 e. The van der Waals surface area contributed by atoms with Crippen LogP contribution in [0.5, 0.6) is 0 Å². The molecule has 0 spiro atoms. The van der Waals surface area contributed by atoms with Gasteiger partial charge in [0.1, 0.15) is 5.69 Å². The Hall–Kier alpha value is -3.65. The Kier molecular flexibility index (Phi) is 6.55. The van der Waals surface area contributed by atoms with E-state index < -0.39 is 11.8 Å². The molecule has 35 heavy (non-hydrogen) atoms. The van der Waals surface area contributed by atoms with E-state index in [1.165, 1.54) is 0 Å². The summed E-state index contributed by atoms with van der Waals surface area (Å²) in [5.74, 6) is -1.07. The number of amides is 3. The van der Waals surface area contributed by atoms with E-state index >= 15 is 0 Å². The average molecular weight is 492 g/mol. The molecule has 3 amide bonds. The fourth-order valence-corrected chi connectivity index (χ4v) is 4.65. The van der Waals surface area contributed by atoms with Crippen molar-refractivity contribution in [2.75, 3.05) is 39.3 Å². The van der Waals surface area contributed by atoms with Gasteiger partial charge in [-0.3, -0.25) is 14.4 Å². The van der Waals surface area contributed by atoms with Gasteiger partial charge in [0.15, 0.2) is 0 Å². The van der Waals surface area contributed by atoms with Gasteiger partial charge >= 0.3 is 11.8 Å². The van der Waals surface area contributed by atoms with Crippen molar-refractivity contribution in [2.45, 2.75) is 12.8 Å². The van der Waals surface area contributed by atoms with Crippen LogP contribution >= 0.6 is 11.6 Å². The van der Waals surface area contributed by atoms with Gasteiger partial charge in [-0.15, -0.1) is 0 Å². The molecule has 8 nitrogen and oxygen atoms in total. The van der Waals surface area contributed by atoms with Crippen LogP contribution in [0.15, 0.2) is 60.7 Å². The lowest BCUT2D eigenvalue weighted by Crippen LogP contribution is -2.54. The molecular formula is C26H26ClN5O3. The molecule has 0 N–H and O–H groups in total. The zero-order valence-electron chi connectivity index (χ0n) is 19.3. The third-order valence-electron chi connectivity index (χ3n) is 6.50. The molecule has 2 fully saturated rings. The lowest BCUT2D eigenvalue weighted by molar-refractivity contribution is -0.152. The highest BCUT2D eigenvalue weighted by molar-refractivity contribution is 6.35. The molecule has 9 heteroatoms. The average Bonchev–Trinajstić information content (AvgIpc) is 3.59. The van der Waals surface area contributed by atoms with Crippen LogP contribution in [0.25, 0.3) is 16.9 Å². The summed E-state index contributed by atoms with van der Waals surface area (Å²) in [6.45, 7) is 2.65. The summed E-state index contributed by atoms with van der Waals surface area (Å²) in [5, 5.41) is 5.35. The first kappa shape index (κ1) is 23.1. The minimum absolute atomic E-state index is 0.167. The summed E-state index contributed by atoms with van der Waals surface area (Å²) in [6, 6.07) is 18.6. The number of nitrogens with zero attached hydrogens (tertiary/aromatic N) is 5. The molecule has 2 aromatic carbocycles. The van der Waals surface area contributed by atoms with E-state index in [1.807, 2.05) is 42.5 Å². The molecular weight excluding hydrogens is 466 g/mol. The molecule has 1 aromatic heterocycles. The molecule has 0 atom stereocenters. The smallest absolute Gasteiger partial charge is 0.312 e. The van der Waals surface area contributed by atoms with Gasteiger partial charge in [-0.25, -0.2) is 4.68 Å². The highest BCUT2D eigenvalue weighted by Crippen LogP contribution is 2.24. The molecule has 0 unspecified atom stereocenters. The van der Waals surface area contributed by atoms with Gasteiger partial charge in [0, 0.05) is 49.9 Å². The Morgan fingerprint density at radius 1 is 0.714 bits per heavy atom. The van der Waals surface area contributed by atoms with Crippen LogP contribution in [0.4, 0.5) is 0 Å². The number of carbonyl (C=O) groups excluding carboxylic acids is 3. The fourth-order valence-electron chi connectivity index (χ4n) is 4.53. The van der Waals surface area contributed by atoms with E-state index in [9.17, 15) is 14.4 Å². The third kappa shape index (κ3) is 4.79. The van der Waals surface area contributed by atoms with Gasteiger partial charge < -0.3 is 14.7 Å². The first-order valence-corrected chi connectivity index (χ1v) is 12.2. The Morgan fingerprint density at radius 3 is 1.91 bits per heavy atom. The summed E-state index contributed by atoms with van der Waals surface area (Å²) in [4.78, 5) is 43.6. The number of piperazine rings is 1. The summed E-state index contributed by atoms with van der Waals surface area (Å²) in [5.41, 5.74) is 2.74. The number of halogens is 1. The van der Waals surface area contributed by atoms with Crippen LogP contribution in [-0.2, 0) is 9.59 Å². The number of aromatic nitrogens is 2. The number of carbonyl (C=O) groups is 3. The van der Waals surface area contributed by atoms with E-state index in [2.05, 4.69) is 0 Å². The summed E-state index contributed by atoms with van der Waals surface area (Å²) >= 11 is 6.04. The monoisotopic (exact) mass is 491 g/mol. The summed E-state index contributed by atoms with van der Waals surface area (Å²) < 4.78 is 1.65. The number of benzene rings is 2. The molecule has 180 valence electrons. The first-order chi connectivity index (χ1) is 17.0. The first-order valence-electron chi connectivity index (χ1n) is 11.8. The van der Waals surface area contributed by atoms with Crippen molar-refractivity contribution in [1.29, 1.82) is 0 Å². The van der Waals surface area contributed by atoms with Crippen molar-refractivity contribution in [3.05, 3.63) is 71.4 Å². The van der Waals surface area contributed by atoms with Gasteiger partial charge in [0.25, 0.3) is 5.91 Å². The second-order valence-corrected chi connectivity index (χ2v) is 9.19. The van der Waals surface area contributed by atoms with Crippen molar-refractivity contribution < 1.29 is 14.4 Å². The standard InChI is InChI=1S/C26H26ClN5O3/c27-20-10-8-19(9-11-20)22-18-23(32(28-22)21-6-2-1-3-7-21)24(33)30-14-16-31(17-15-30)26(35)25(34)29-12-4-5-13-29/h1-3,6-11,18H,4-5,12-17H2. The third-order valence-corrected chi connectivity index (χ3v) is 6.75. The molecule has 2 aliphatic rings. The molecule has 2 aliphatic heterocycles. The predicted octanol–water partition coefficient (Wildman–Crippen LogP) is 3.10. The number of hydrogen-bond acceptors (Lipinski definition) is 4. The Bertz CT molecular complexity index is 1230. The van der Waals surface area contributed by atoms with Crippen LogP contribution in [-0.4, -0.2) is 81.5 Å². The molecule has 5 rings (SSSR count). The van der Waals surface area contributed by atoms with Gasteiger partial charge in [-0.05, 0) is 43.2 Å². The maximum atomic E-state index is 13.6. The molecule has 0 saturated carbocycles. The van der Waals surface area contributed by atoms with Crippen molar-refractivity contribution in [1.82, 2.24) is 24.5 Å². The van der Waals surface area contributed by atoms with E-state index in [0.29, 0.717) is 55.7 Å². The highest BCUT2D eigenvalue weighted by atomic mass is 35.5. The SMILES string of the molecule is O=C(C(=O)N1CCN(C(=O)c2cc(-c3ccc(Cl)cc3)nn2-c2ccccc2)CC1)N1CCCC1. The van der Waals surface area contributed by atoms with Crippen LogP contribution in [0.2, 0.25) is 5.02 Å². The Labute approximate surface area is 208 Å². The zero-order valence-corrected chi connectivity index (χ0v) is 20.0. The van der Waals surface area contributed by atoms with E-state index in [0.717, 1.165) is 24.1 Å². The minimum Gasteiger partial charge on any atom is -0.334 e. The Balaban J connectivity index is 1.35. The van der Waals surface area contributed by atoms with Crippen molar-refractivity contribution >= 4 is 29.3 Å². The van der Waals surface area contributed by atoms with Crippen LogP contribution in [0, 0.1) is 0 Å². The molecule has 0 aliphatic carbocycles. The van der Waals surface area contributed by atoms with E-state index in [1.54, 1.807) is 37.6 Å². The lowest BCUT2D eigenvalue weighted by atomic mass is 10.1. The second-order valence-electron chi connectivity index (χ2n) is 8.75. The molecule has 3 heterocycles. The molecule has 0 bridgehead atoms. The summed E-state index contributed by atoms with van der Waals surface area (Å²) in [7, 11) is 0. The normalized spacial score (nSPS) is 16.0. The number of likely N-dealkylation sites (tertiary alicyclic amines) is 1. The van der Waals surface area contributed by atoms with Crippen LogP contribution in [0.3, 0.4) is 0 Å². The van der Waals surface area contributed by atoms with Gasteiger partial charge in [0.05, 0.1) is 11.4 Å². The lowest BCUT2D eigenvalue weighted by Gasteiger charge is -2.35. The van der Waals surface area contributed by atoms with Crippen LogP contribution in [0.1, 0.15) is 23.3 Å². The molecule has 0 radical (unpaired) electrons. The minimum atomic E-state index is -0.474. The zero-order chi connectivity index (χ0) is 24.4. The maximum Gasteiger partial charge on any atom is 0.312 e. The molecule has 2 saturated heterocycles. The Morgan fingerprint density at radius 2 is 1.29 bits per heavy atom. The van der Waals surface area contributed by atoms with Gasteiger partial charge in [0.2, 0.25) is 0 Å². The van der Waals surface area contributed by atoms with E-state index in [4.69, 9.17) is 16.7 Å². The topological polar surface area (TPSA) is 78.8 Å². The highest BCUT2D eigenvalue weighted by Gasteiger charge is 2.33. The van der Waals surface area contributed by atoms with Gasteiger partial charge in [-0.2, -0.15) is 5.10 Å². The number of para-hydroxylation sites is 1. The predicted molar refractivity (Wildman–Crippen MR) is 132 cm³/mol. The number of rotatable bonds is 3. The van der Waals surface area contributed by atoms with Gasteiger partial charge in [-0.1, -0.05) is 41.9 Å². The summed E-state index contributed by atoms with van der Waals surface area (Å²) in [6.07, 6.45) is 1.88. The van der Waals surface area contributed by atoms with Crippen LogP contribution < -0.4 is 0 Å². The van der Waals surface area contributed by atoms with Crippen molar-refractivity contribution in [3.63, 3.8) is 0 Å². The second kappa shape index (κ2) is 9.92. The van der Waals surface area contributed by atoms with Crippen molar-refractivity contribution in [3.8, 4) is 16.9 Å². The molecule has 3 aromatic rings. The van der Waals surface area contributed by atoms with E-state index in [-0.39, 0.29) is 5.91 Å². The quantitative estimate of drug-likeness (QED) is 0.527. The maximum absolute atomic E-state index is 13.6.